The molecule has 0 radical (unpaired) electrons. The molecule has 0 bridgehead atoms. The fraction of sp³-hybridized carbons (Fsp3) is 0.211. The second-order valence-electron chi connectivity index (χ2n) is 5.76. The molecule has 0 heterocycles. The molecular formula is C19H22N4O3. The number of carbonyl (C=O) groups excluding carboxylic acids is 3. The summed E-state index contributed by atoms with van der Waals surface area (Å²) in [4.78, 5) is 34.7. The second-order valence-corrected chi connectivity index (χ2v) is 5.76. The van der Waals surface area contributed by atoms with Gasteiger partial charge in [0.05, 0.1) is 0 Å². The van der Waals surface area contributed by atoms with E-state index in [0.717, 1.165) is 5.56 Å². The van der Waals surface area contributed by atoms with E-state index in [9.17, 15) is 14.4 Å². The Morgan fingerprint density at radius 1 is 0.846 bits per heavy atom. The highest BCUT2D eigenvalue weighted by molar-refractivity contribution is 6.00. The zero-order chi connectivity index (χ0) is 18.9. The molecule has 7 heteroatoms. The molecule has 4 amide bonds. The smallest absolute Gasteiger partial charge is 0.323 e. The SMILES string of the molecule is CC(=O)NCCNC(=O)c1ccc(NC(=O)Nc2cccc(C)c2)cc1. The average Bonchev–Trinajstić information content (AvgIpc) is 2.59. The maximum Gasteiger partial charge on any atom is 0.323 e. The summed E-state index contributed by atoms with van der Waals surface area (Å²) in [5.74, 6) is -0.385. The molecule has 0 fully saturated rings. The lowest BCUT2D eigenvalue weighted by molar-refractivity contribution is -0.118. The zero-order valence-electron chi connectivity index (χ0n) is 14.8. The topological polar surface area (TPSA) is 99.3 Å². The van der Waals surface area contributed by atoms with Gasteiger partial charge in [0.15, 0.2) is 0 Å². The van der Waals surface area contributed by atoms with Crippen molar-refractivity contribution in [3.05, 3.63) is 59.7 Å². The van der Waals surface area contributed by atoms with Gasteiger partial charge in [0, 0.05) is 37.0 Å². The molecule has 0 atom stereocenters. The molecule has 2 rings (SSSR count). The van der Waals surface area contributed by atoms with Crippen LogP contribution in [-0.4, -0.2) is 30.9 Å². The van der Waals surface area contributed by atoms with Crippen LogP contribution in [0.2, 0.25) is 0 Å². The predicted molar refractivity (Wildman–Crippen MR) is 101 cm³/mol. The van der Waals surface area contributed by atoms with Crippen molar-refractivity contribution in [3.63, 3.8) is 0 Å². The number of amides is 4. The van der Waals surface area contributed by atoms with E-state index in [2.05, 4.69) is 21.3 Å². The maximum absolute atomic E-state index is 12.0. The van der Waals surface area contributed by atoms with Gasteiger partial charge in [-0.2, -0.15) is 0 Å². The van der Waals surface area contributed by atoms with Gasteiger partial charge >= 0.3 is 6.03 Å². The van der Waals surface area contributed by atoms with Gasteiger partial charge in [-0.1, -0.05) is 12.1 Å². The van der Waals surface area contributed by atoms with Crippen molar-refractivity contribution in [2.24, 2.45) is 0 Å². The molecule has 7 nitrogen and oxygen atoms in total. The van der Waals surface area contributed by atoms with Gasteiger partial charge < -0.3 is 21.3 Å². The highest BCUT2D eigenvalue weighted by Gasteiger charge is 2.07. The quantitative estimate of drug-likeness (QED) is 0.600. The molecule has 0 spiro atoms. The molecular weight excluding hydrogens is 332 g/mol. The van der Waals surface area contributed by atoms with E-state index >= 15 is 0 Å². The summed E-state index contributed by atoms with van der Waals surface area (Å²) < 4.78 is 0. The van der Waals surface area contributed by atoms with E-state index in [0.29, 0.717) is 30.0 Å². The molecule has 4 N–H and O–H groups in total. The van der Waals surface area contributed by atoms with Crippen molar-refractivity contribution in [1.82, 2.24) is 10.6 Å². The number of nitrogens with one attached hydrogen (secondary N) is 4. The summed E-state index contributed by atoms with van der Waals surface area (Å²) in [5, 5.41) is 10.8. The van der Waals surface area contributed by atoms with Crippen LogP contribution < -0.4 is 21.3 Å². The third-order valence-electron chi connectivity index (χ3n) is 3.47. The average molecular weight is 354 g/mol. The highest BCUT2D eigenvalue weighted by Crippen LogP contribution is 2.12. The number of rotatable bonds is 6. The van der Waals surface area contributed by atoms with Crippen molar-refractivity contribution in [2.45, 2.75) is 13.8 Å². The van der Waals surface area contributed by atoms with E-state index in [-0.39, 0.29) is 17.8 Å². The number of benzene rings is 2. The summed E-state index contributed by atoms with van der Waals surface area (Å²) >= 11 is 0. The Morgan fingerprint density at radius 3 is 2.15 bits per heavy atom. The third kappa shape index (κ3) is 6.27. The van der Waals surface area contributed by atoms with E-state index in [1.165, 1.54) is 6.92 Å². The number of hydrogen-bond acceptors (Lipinski definition) is 3. The van der Waals surface area contributed by atoms with Crippen LogP contribution >= 0.6 is 0 Å². The fourth-order valence-electron chi connectivity index (χ4n) is 2.24. The molecule has 136 valence electrons. The molecule has 2 aromatic carbocycles. The number of anilines is 2. The summed E-state index contributed by atoms with van der Waals surface area (Å²) in [5.41, 5.74) is 2.80. The zero-order valence-corrected chi connectivity index (χ0v) is 14.8. The van der Waals surface area contributed by atoms with Crippen LogP contribution in [0.3, 0.4) is 0 Å². The molecule has 2 aromatic rings. The predicted octanol–water partition coefficient (Wildman–Crippen LogP) is 2.50. The minimum absolute atomic E-state index is 0.140. The van der Waals surface area contributed by atoms with Gasteiger partial charge in [-0.15, -0.1) is 0 Å². The largest absolute Gasteiger partial charge is 0.355 e. The molecule has 0 saturated carbocycles. The lowest BCUT2D eigenvalue weighted by Gasteiger charge is -2.09. The number of urea groups is 1. The van der Waals surface area contributed by atoms with Gasteiger partial charge in [-0.05, 0) is 48.9 Å². The van der Waals surface area contributed by atoms with Gasteiger partial charge in [-0.3, -0.25) is 9.59 Å². The van der Waals surface area contributed by atoms with Crippen molar-refractivity contribution in [2.75, 3.05) is 23.7 Å². The molecule has 26 heavy (non-hydrogen) atoms. The molecule has 0 saturated heterocycles. The number of carbonyl (C=O) groups is 3. The first-order valence-corrected chi connectivity index (χ1v) is 8.21. The Bertz CT molecular complexity index is 788. The van der Waals surface area contributed by atoms with Crippen LogP contribution in [0.1, 0.15) is 22.8 Å². The van der Waals surface area contributed by atoms with Crippen LogP contribution in [-0.2, 0) is 4.79 Å². The monoisotopic (exact) mass is 354 g/mol. The Hall–Kier alpha value is -3.35. The van der Waals surface area contributed by atoms with Crippen molar-refractivity contribution in [3.8, 4) is 0 Å². The van der Waals surface area contributed by atoms with Crippen molar-refractivity contribution in [1.29, 1.82) is 0 Å². The van der Waals surface area contributed by atoms with Crippen molar-refractivity contribution >= 4 is 29.2 Å². The first-order chi connectivity index (χ1) is 12.4. The molecule has 0 aliphatic rings. The van der Waals surface area contributed by atoms with Crippen LogP contribution in [0.25, 0.3) is 0 Å². The minimum Gasteiger partial charge on any atom is -0.355 e. The Morgan fingerprint density at radius 2 is 1.50 bits per heavy atom. The molecule has 0 aromatic heterocycles. The first-order valence-electron chi connectivity index (χ1n) is 8.21. The van der Waals surface area contributed by atoms with Crippen LogP contribution in [0.5, 0.6) is 0 Å². The fourth-order valence-corrected chi connectivity index (χ4v) is 2.24. The van der Waals surface area contributed by atoms with Crippen LogP contribution in [0.4, 0.5) is 16.2 Å². The number of aryl methyl sites for hydroxylation is 1. The van der Waals surface area contributed by atoms with Gasteiger partial charge in [-0.25, -0.2) is 4.79 Å². The summed E-state index contributed by atoms with van der Waals surface area (Å²) in [7, 11) is 0. The third-order valence-corrected chi connectivity index (χ3v) is 3.47. The van der Waals surface area contributed by atoms with Gasteiger partial charge in [0.25, 0.3) is 5.91 Å². The van der Waals surface area contributed by atoms with Gasteiger partial charge in [0.2, 0.25) is 5.91 Å². The normalized spacial score (nSPS) is 9.92. The van der Waals surface area contributed by atoms with Crippen molar-refractivity contribution < 1.29 is 14.4 Å². The van der Waals surface area contributed by atoms with E-state index < -0.39 is 0 Å². The molecule has 0 aliphatic heterocycles. The summed E-state index contributed by atoms with van der Waals surface area (Å²) in [6.07, 6.45) is 0. The Balaban J connectivity index is 1.83. The summed E-state index contributed by atoms with van der Waals surface area (Å²) in [6, 6.07) is 13.7. The lowest BCUT2D eigenvalue weighted by Crippen LogP contribution is -2.33. The van der Waals surface area contributed by atoms with Crippen LogP contribution in [0, 0.1) is 6.92 Å². The van der Waals surface area contributed by atoms with Crippen LogP contribution in [0.15, 0.2) is 48.5 Å². The minimum atomic E-state index is -0.358. The first kappa shape index (κ1) is 19.0. The lowest BCUT2D eigenvalue weighted by atomic mass is 10.2. The second kappa shape index (κ2) is 9.22. The van der Waals surface area contributed by atoms with E-state index in [1.807, 2.05) is 25.1 Å². The Labute approximate surface area is 152 Å². The van der Waals surface area contributed by atoms with Gasteiger partial charge in [0.1, 0.15) is 0 Å². The summed E-state index contributed by atoms with van der Waals surface area (Å²) in [6.45, 7) is 4.09. The number of hydrogen-bond donors (Lipinski definition) is 4. The van der Waals surface area contributed by atoms with E-state index in [1.54, 1.807) is 30.3 Å². The Kier molecular flexibility index (Phi) is 6.73. The molecule has 0 unspecified atom stereocenters. The maximum atomic E-state index is 12.0. The standard InChI is InChI=1S/C19H22N4O3/c1-13-4-3-5-17(12-13)23-19(26)22-16-8-6-15(7-9-16)18(25)21-11-10-20-14(2)24/h3-9,12H,10-11H2,1-2H3,(H,20,24)(H,21,25)(H2,22,23,26). The highest BCUT2D eigenvalue weighted by atomic mass is 16.2. The van der Waals surface area contributed by atoms with E-state index in [4.69, 9.17) is 0 Å². The molecule has 0 aliphatic carbocycles.